The summed E-state index contributed by atoms with van der Waals surface area (Å²) in [7, 11) is 0. The van der Waals surface area contributed by atoms with E-state index in [0.29, 0.717) is 24.5 Å². The number of carbonyl (C=O) groups is 2. The zero-order valence-electron chi connectivity index (χ0n) is 15.3. The number of carbonyl (C=O) groups excluding carboxylic acids is 2. The van der Waals surface area contributed by atoms with Gasteiger partial charge >= 0.3 is 0 Å². The molecule has 2 heterocycles. The molecule has 140 valence electrons. The lowest BCUT2D eigenvalue weighted by molar-refractivity contribution is -0.134. The standard InChI is InChI=1S/C21H22ClN3O2/c1-15(26)25-19-8-3-2-5-16(19)13-20(25)21(27)24-11-9-23(10-12-24)18-7-4-6-17(22)14-18/h2-8,14,20H,9-13H2,1H3/t20-/m1/s1. The molecule has 0 radical (unpaired) electrons. The molecular formula is C21H22ClN3O2. The number of nitrogens with zero attached hydrogens (tertiary/aromatic N) is 3. The second-order valence-corrected chi connectivity index (χ2v) is 7.47. The summed E-state index contributed by atoms with van der Waals surface area (Å²) in [5, 5.41) is 0.715. The van der Waals surface area contributed by atoms with Crippen LogP contribution < -0.4 is 9.80 Å². The van der Waals surface area contributed by atoms with E-state index in [2.05, 4.69) is 4.90 Å². The zero-order chi connectivity index (χ0) is 19.0. The smallest absolute Gasteiger partial charge is 0.246 e. The Hall–Kier alpha value is -2.53. The summed E-state index contributed by atoms with van der Waals surface area (Å²) in [6.45, 7) is 4.32. The van der Waals surface area contributed by atoms with E-state index in [1.165, 1.54) is 6.92 Å². The minimum absolute atomic E-state index is 0.0344. The van der Waals surface area contributed by atoms with Gasteiger partial charge in [0.1, 0.15) is 6.04 Å². The second-order valence-electron chi connectivity index (χ2n) is 7.03. The third-order valence-corrected chi connectivity index (χ3v) is 5.60. The molecule has 2 aliphatic rings. The second kappa shape index (κ2) is 7.24. The van der Waals surface area contributed by atoms with Gasteiger partial charge in [-0.1, -0.05) is 35.9 Å². The van der Waals surface area contributed by atoms with Crippen LogP contribution in [0.3, 0.4) is 0 Å². The highest BCUT2D eigenvalue weighted by Gasteiger charge is 2.39. The van der Waals surface area contributed by atoms with E-state index in [9.17, 15) is 9.59 Å². The van der Waals surface area contributed by atoms with E-state index in [0.717, 1.165) is 30.0 Å². The Kier molecular flexibility index (Phi) is 4.79. The number of hydrogen-bond acceptors (Lipinski definition) is 3. The number of piperazine rings is 1. The van der Waals surface area contributed by atoms with E-state index >= 15 is 0 Å². The molecule has 6 heteroatoms. The Bertz CT molecular complexity index is 877. The van der Waals surface area contributed by atoms with Crippen LogP contribution in [0.1, 0.15) is 12.5 Å². The number of halogens is 1. The third kappa shape index (κ3) is 3.39. The first-order chi connectivity index (χ1) is 13.0. The first-order valence-electron chi connectivity index (χ1n) is 9.21. The highest BCUT2D eigenvalue weighted by atomic mass is 35.5. The summed E-state index contributed by atoms with van der Waals surface area (Å²) in [6.07, 6.45) is 0.586. The van der Waals surface area contributed by atoms with Crippen molar-refractivity contribution >= 4 is 34.8 Å². The molecule has 0 aliphatic carbocycles. The summed E-state index contributed by atoms with van der Waals surface area (Å²) in [6, 6.07) is 15.1. The van der Waals surface area contributed by atoms with Crippen LogP contribution >= 0.6 is 11.6 Å². The molecule has 0 aromatic heterocycles. The minimum atomic E-state index is -0.433. The van der Waals surface area contributed by atoms with Crippen LogP contribution in [0.4, 0.5) is 11.4 Å². The lowest BCUT2D eigenvalue weighted by Gasteiger charge is -2.38. The van der Waals surface area contributed by atoms with E-state index in [4.69, 9.17) is 11.6 Å². The Morgan fingerprint density at radius 3 is 2.44 bits per heavy atom. The maximum absolute atomic E-state index is 13.2. The van der Waals surface area contributed by atoms with E-state index in [-0.39, 0.29) is 11.8 Å². The van der Waals surface area contributed by atoms with E-state index < -0.39 is 6.04 Å². The van der Waals surface area contributed by atoms with Gasteiger partial charge in [0.05, 0.1) is 0 Å². The van der Waals surface area contributed by atoms with Crippen LogP contribution in [-0.4, -0.2) is 48.9 Å². The predicted octanol–water partition coefficient (Wildman–Crippen LogP) is 2.97. The lowest BCUT2D eigenvalue weighted by atomic mass is 10.1. The van der Waals surface area contributed by atoms with Gasteiger partial charge in [-0.05, 0) is 29.8 Å². The maximum Gasteiger partial charge on any atom is 0.246 e. The first-order valence-corrected chi connectivity index (χ1v) is 9.59. The molecular weight excluding hydrogens is 362 g/mol. The molecule has 0 N–H and O–H groups in total. The van der Waals surface area contributed by atoms with Crippen molar-refractivity contribution in [2.45, 2.75) is 19.4 Å². The van der Waals surface area contributed by atoms with Crippen molar-refractivity contribution < 1.29 is 9.59 Å². The van der Waals surface area contributed by atoms with Crippen molar-refractivity contribution in [2.24, 2.45) is 0 Å². The molecule has 0 bridgehead atoms. The van der Waals surface area contributed by atoms with Gasteiger partial charge in [0.2, 0.25) is 11.8 Å². The fraction of sp³-hybridized carbons (Fsp3) is 0.333. The Labute approximate surface area is 164 Å². The molecule has 2 amide bonds. The zero-order valence-corrected chi connectivity index (χ0v) is 16.0. The lowest BCUT2D eigenvalue weighted by Crippen LogP contribution is -2.55. The van der Waals surface area contributed by atoms with E-state index in [1.54, 1.807) is 4.90 Å². The van der Waals surface area contributed by atoms with Gasteiger partial charge in [-0.3, -0.25) is 14.5 Å². The number of amides is 2. The SMILES string of the molecule is CC(=O)N1c2ccccc2C[C@@H]1C(=O)N1CCN(c2cccc(Cl)c2)CC1. The largest absolute Gasteiger partial charge is 0.368 e. The predicted molar refractivity (Wildman–Crippen MR) is 107 cm³/mol. The van der Waals surface area contributed by atoms with Crippen LogP contribution in [0.25, 0.3) is 0 Å². The molecule has 1 saturated heterocycles. The third-order valence-electron chi connectivity index (χ3n) is 5.37. The summed E-state index contributed by atoms with van der Waals surface area (Å²) >= 11 is 6.09. The average molecular weight is 384 g/mol. The Morgan fingerprint density at radius 2 is 1.74 bits per heavy atom. The van der Waals surface area contributed by atoms with Crippen LogP contribution in [0, 0.1) is 0 Å². The van der Waals surface area contributed by atoms with Crippen molar-refractivity contribution in [3.63, 3.8) is 0 Å². The van der Waals surface area contributed by atoms with Gasteiger partial charge in [0.15, 0.2) is 0 Å². The minimum Gasteiger partial charge on any atom is -0.368 e. The number of para-hydroxylation sites is 1. The van der Waals surface area contributed by atoms with Crippen molar-refractivity contribution in [3.8, 4) is 0 Å². The van der Waals surface area contributed by atoms with Crippen molar-refractivity contribution in [2.75, 3.05) is 36.0 Å². The number of fused-ring (bicyclic) bond motifs is 1. The molecule has 5 nitrogen and oxygen atoms in total. The monoisotopic (exact) mass is 383 g/mol. The van der Waals surface area contributed by atoms with Gasteiger partial charge in [-0.25, -0.2) is 0 Å². The molecule has 1 fully saturated rings. The normalized spacial score (nSPS) is 19.2. The summed E-state index contributed by atoms with van der Waals surface area (Å²) in [4.78, 5) is 31.2. The van der Waals surface area contributed by atoms with E-state index in [1.807, 2.05) is 53.4 Å². The average Bonchev–Trinajstić information content (AvgIpc) is 3.07. The molecule has 1 atom stereocenters. The van der Waals surface area contributed by atoms with Crippen LogP contribution in [-0.2, 0) is 16.0 Å². The Morgan fingerprint density at radius 1 is 1.00 bits per heavy atom. The van der Waals surface area contributed by atoms with Crippen LogP contribution in [0.15, 0.2) is 48.5 Å². The van der Waals surface area contributed by atoms with Gasteiger partial charge in [-0.2, -0.15) is 0 Å². The molecule has 0 spiro atoms. The molecule has 0 unspecified atom stereocenters. The van der Waals surface area contributed by atoms with Crippen molar-refractivity contribution in [1.29, 1.82) is 0 Å². The van der Waals surface area contributed by atoms with Gasteiger partial charge in [-0.15, -0.1) is 0 Å². The molecule has 0 saturated carbocycles. The summed E-state index contributed by atoms with van der Waals surface area (Å²) < 4.78 is 0. The molecule has 27 heavy (non-hydrogen) atoms. The molecule has 2 aliphatic heterocycles. The summed E-state index contributed by atoms with van der Waals surface area (Å²) in [5.41, 5.74) is 3.00. The van der Waals surface area contributed by atoms with Gasteiger partial charge < -0.3 is 9.80 Å². The number of rotatable bonds is 2. The van der Waals surface area contributed by atoms with Crippen LogP contribution in [0.2, 0.25) is 5.02 Å². The van der Waals surface area contributed by atoms with Gasteiger partial charge in [0, 0.05) is 55.9 Å². The highest BCUT2D eigenvalue weighted by Crippen LogP contribution is 2.33. The van der Waals surface area contributed by atoms with Crippen LogP contribution in [0.5, 0.6) is 0 Å². The molecule has 2 aromatic rings. The fourth-order valence-electron chi connectivity index (χ4n) is 4.04. The number of hydrogen-bond donors (Lipinski definition) is 0. The maximum atomic E-state index is 13.2. The van der Waals surface area contributed by atoms with Crippen molar-refractivity contribution in [1.82, 2.24) is 4.90 Å². The molecule has 2 aromatic carbocycles. The Balaban J connectivity index is 1.46. The first kappa shape index (κ1) is 17.9. The summed E-state index contributed by atoms with van der Waals surface area (Å²) in [5.74, 6) is -0.0528. The molecule has 4 rings (SSSR count). The number of anilines is 2. The van der Waals surface area contributed by atoms with Crippen molar-refractivity contribution in [3.05, 3.63) is 59.1 Å². The fourth-order valence-corrected chi connectivity index (χ4v) is 4.23. The van der Waals surface area contributed by atoms with Gasteiger partial charge in [0.25, 0.3) is 0 Å². The number of benzene rings is 2. The highest BCUT2D eigenvalue weighted by molar-refractivity contribution is 6.30. The quantitative estimate of drug-likeness (QED) is 0.800. The topological polar surface area (TPSA) is 43.9 Å².